The number of ether oxygens (including phenoxy) is 4. The number of fused-ring (bicyclic) bond motifs is 2. The Morgan fingerprint density at radius 2 is 1.48 bits per heavy atom. The van der Waals surface area contributed by atoms with Crippen molar-refractivity contribution in [2.24, 2.45) is 0 Å². The Labute approximate surface area is 154 Å². The van der Waals surface area contributed by atoms with Gasteiger partial charge in [-0.1, -0.05) is 24.3 Å². The maximum absolute atomic E-state index is 6.46. The van der Waals surface area contributed by atoms with Gasteiger partial charge in [0.15, 0.2) is 13.6 Å². The zero-order valence-corrected chi connectivity index (χ0v) is 15.6. The van der Waals surface area contributed by atoms with Crippen molar-refractivity contribution in [1.29, 1.82) is 0 Å². The predicted molar refractivity (Wildman–Crippen MR) is 99.9 cm³/mol. The third-order valence-corrected chi connectivity index (χ3v) is 4.82. The lowest BCUT2D eigenvalue weighted by molar-refractivity contribution is 0.0203. The summed E-state index contributed by atoms with van der Waals surface area (Å²) in [6.07, 6.45) is 2.58. The minimum absolute atomic E-state index is 0.114. The molecule has 25 heavy (non-hydrogen) atoms. The molecular weight excluding hydrogens is 340 g/mol. The van der Waals surface area contributed by atoms with Crippen molar-refractivity contribution in [2.45, 2.75) is 38.5 Å². The second-order valence-electron chi connectivity index (χ2n) is 6.01. The van der Waals surface area contributed by atoms with Crippen LogP contribution in [0.1, 0.15) is 31.4 Å². The molecule has 1 aliphatic rings. The van der Waals surface area contributed by atoms with Gasteiger partial charge >= 0.3 is 0 Å². The van der Waals surface area contributed by atoms with Crippen LogP contribution < -0.4 is 9.47 Å². The van der Waals surface area contributed by atoms with Gasteiger partial charge in [-0.2, -0.15) is 0 Å². The van der Waals surface area contributed by atoms with E-state index in [0.29, 0.717) is 13.2 Å². The van der Waals surface area contributed by atoms with Crippen LogP contribution in [-0.4, -0.2) is 32.2 Å². The molecule has 5 heteroatoms. The molecule has 0 saturated carbocycles. The zero-order chi connectivity index (χ0) is 17.6. The zero-order valence-electron chi connectivity index (χ0n) is 14.8. The summed E-state index contributed by atoms with van der Waals surface area (Å²) in [5.41, 5.74) is 2.32. The molecule has 0 heterocycles. The molecule has 0 bridgehead atoms. The lowest BCUT2D eigenvalue weighted by atomic mass is 9.87. The second kappa shape index (κ2) is 8.75. The molecule has 2 aromatic carbocycles. The topological polar surface area (TPSA) is 36.9 Å². The van der Waals surface area contributed by atoms with Crippen LogP contribution in [0.3, 0.4) is 0 Å². The minimum Gasteiger partial charge on any atom is -0.467 e. The van der Waals surface area contributed by atoms with E-state index in [4.69, 9.17) is 30.5 Å². The van der Waals surface area contributed by atoms with Gasteiger partial charge in [-0.05, 0) is 33.1 Å². The number of hydrogen-bond acceptors (Lipinski definition) is 4. The first-order valence-corrected chi connectivity index (χ1v) is 9.31. The highest BCUT2D eigenvalue weighted by atomic mass is 35.5. The molecule has 0 radical (unpaired) electrons. The molecule has 3 rings (SSSR count). The molecule has 0 saturated heterocycles. The lowest BCUT2D eigenvalue weighted by Gasteiger charge is -2.27. The molecule has 0 aliphatic heterocycles. The summed E-state index contributed by atoms with van der Waals surface area (Å²) in [4.78, 5) is 0. The third kappa shape index (κ3) is 4.02. The highest BCUT2D eigenvalue weighted by Crippen LogP contribution is 2.44. The average molecular weight is 365 g/mol. The summed E-state index contributed by atoms with van der Waals surface area (Å²) < 4.78 is 22.9. The average Bonchev–Trinajstić information content (AvgIpc) is 2.63. The van der Waals surface area contributed by atoms with Crippen LogP contribution >= 0.6 is 11.6 Å². The van der Waals surface area contributed by atoms with E-state index in [1.165, 1.54) is 5.56 Å². The highest BCUT2D eigenvalue weighted by molar-refractivity contribution is 6.21. The van der Waals surface area contributed by atoms with Gasteiger partial charge in [0.1, 0.15) is 11.5 Å². The van der Waals surface area contributed by atoms with Gasteiger partial charge in [0.05, 0.1) is 0 Å². The normalized spacial score (nSPS) is 16.7. The van der Waals surface area contributed by atoms with E-state index in [1.54, 1.807) is 0 Å². The maximum Gasteiger partial charge on any atom is 0.189 e. The molecule has 1 aliphatic carbocycles. The molecule has 4 nitrogen and oxygen atoms in total. The molecule has 2 aromatic rings. The molecule has 136 valence electrons. The quantitative estimate of drug-likeness (QED) is 0.387. The number of alkyl halides is 1. The smallest absolute Gasteiger partial charge is 0.189 e. The summed E-state index contributed by atoms with van der Waals surface area (Å²) in [6.45, 7) is 5.64. The van der Waals surface area contributed by atoms with Crippen LogP contribution in [-0.2, 0) is 22.3 Å². The highest BCUT2D eigenvalue weighted by Gasteiger charge is 2.27. The largest absolute Gasteiger partial charge is 0.467 e. The molecule has 0 spiro atoms. The van der Waals surface area contributed by atoms with Gasteiger partial charge in [-0.25, -0.2) is 0 Å². The van der Waals surface area contributed by atoms with E-state index >= 15 is 0 Å². The Morgan fingerprint density at radius 3 is 2.04 bits per heavy atom. The standard InChI is InChI=1S/C20H25ClO4/c1-3-22-12-24-19-15-7-5-6-8-16(15)20(25-13-23-4-2)18-11-14(21)9-10-17(18)19/h5-8,14H,3-4,9-13H2,1-2H3. The Balaban J connectivity index is 2.10. The number of rotatable bonds is 8. The van der Waals surface area contributed by atoms with Gasteiger partial charge in [-0.3, -0.25) is 0 Å². The Bertz CT molecular complexity index is 716. The molecule has 1 atom stereocenters. The van der Waals surface area contributed by atoms with Crippen molar-refractivity contribution in [2.75, 3.05) is 26.8 Å². The van der Waals surface area contributed by atoms with Gasteiger partial charge in [-0.15, -0.1) is 11.6 Å². The van der Waals surface area contributed by atoms with Gasteiger partial charge in [0, 0.05) is 40.5 Å². The van der Waals surface area contributed by atoms with Gasteiger partial charge in [0.2, 0.25) is 0 Å². The number of halogens is 1. The van der Waals surface area contributed by atoms with Crippen LogP contribution in [0.4, 0.5) is 0 Å². The van der Waals surface area contributed by atoms with Gasteiger partial charge < -0.3 is 18.9 Å². The minimum atomic E-state index is 0.114. The summed E-state index contributed by atoms with van der Waals surface area (Å²) in [7, 11) is 0. The molecule has 0 aromatic heterocycles. The number of hydrogen-bond donors (Lipinski definition) is 0. The summed E-state index contributed by atoms with van der Waals surface area (Å²) in [5, 5.41) is 2.18. The molecule has 0 amide bonds. The van der Waals surface area contributed by atoms with Crippen molar-refractivity contribution in [1.82, 2.24) is 0 Å². The summed E-state index contributed by atoms with van der Waals surface area (Å²) >= 11 is 6.46. The SMILES string of the molecule is CCOCOc1c2c(c(OCOCC)c3ccccc13)CC(Cl)CC2. The van der Waals surface area contributed by atoms with Crippen LogP contribution in [0, 0.1) is 0 Å². The van der Waals surface area contributed by atoms with Crippen molar-refractivity contribution >= 4 is 22.4 Å². The van der Waals surface area contributed by atoms with E-state index in [9.17, 15) is 0 Å². The third-order valence-electron chi connectivity index (χ3n) is 4.44. The Kier molecular flexibility index (Phi) is 6.40. The second-order valence-corrected chi connectivity index (χ2v) is 6.63. The summed E-state index contributed by atoms with van der Waals surface area (Å²) in [5.74, 6) is 1.76. The van der Waals surface area contributed by atoms with Crippen LogP contribution in [0.15, 0.2) is 24.3 Å². The van der Waals surface area contributed by atoms with E-state index in [1.807, 2.05) is 26.0 Å². The number of benzene rings is 2. The fraction of sp³-hybridized carbons (Fsp3) is 0.500. The van der Waals surface area contributed by atoms with Crippen LogP contribution in [0.25, 0.3) is 10.8 Å². The van der Waals surface area contributed by atoms with Crippen molar-refractivity contribution in [3.63, 3.8) is 0 Å². The van der Waals surface area contributed by atoms with Crippen LogP contribution in [0.2, 0.25) is 0 Å². The monoisotopic (exact) mass is 364 g/mol. The van der Waals surface area contributed by atoms with E-state index in [0.717, 1.165) is 47.1 Å². The van der Waals surface area contributed by atoms with E-state index < -0.39 is 0 Å². The van der Waals surface area contributed by atoms with Crippen molar-refractivity contribution < 1.29 is 18.9 Å². The fourth-order valence-electron chi connectivity index (χ4n) is 3.28. The first-order chi connectivity index (χ1) is 12.3. The molecule has 1 unspecified atom stereocenters. The predicted octanol–water partition coefficient (Wildman–Crippen LogP) is 4.68. The van der Waals surface area contributed by atoms with Crippen molar-refractivity contribution in [3.8, 4) is 11.5 Å². The molecular formula is C20H25ClO4. The summed E-state index contributed by atoms with van der Waals surface area (Å²) in [6, 6.07) is 8.15. The van der Waals surface area contributed by atoms with Crippen molar-refractivity contribution in [3.05, 3.63) is 35.4 Å². The Morgan fingerprint density at radius 1 is 0.920 bits per heavy atom. The Hall–Kier alpha value is -1.49. The first kappa shape index (κ1) is 18.3. The maximum atomic E-state index is 6.46. The fourth-order valence-corrected chi connectivity index (χ4v) is 3.54. The first-order valence-electron chi connectivity index (χ1n) is 8.87. The molecule has 0 fully saturated rings. The van der Waals surface area contributed by atoms with E-state index in [2.05, 4.69) is 12.1 Å². The van der Waals surface area contributed by atoms with Crippen LogP contribution in [0.5, 0.6) is 11.5 Å². The van der Waals surface area contributed by atoms with E-state index in [-0.39, 0.29) is 19.0 Å². The van der Waals surface area contributed by atoms with Gasteiger partial charge in [0.25, 0.3) is 0 Å². The lowest BCUT2D eigenvalue weighted by Crippen LogP contribution is -2.18. The molecule has 0 N–H and O–H groups in total.